The van der Waals surface area contributed by atoms with Crippen LogP contribution >= 0.6 is 11.6 Å². The van der Waals surface area contributed by atoms with E-state index in [1.165, 1.54) is 4.90 Å². The molecule has 0 saturated heterocycles. The fourth-order valence-electron chi connectivity index (χ4n) is 1.13. The number of urea groups is 1. The average molecular weight is 247 g/mol. The van der Waals surface area contributed by atoms with Crippen LogP contribution in [0, 0.1) is 0 Å². The summed E-state index contributed by atoms with van der Waals surface area (Å²) in [4.78, 5) is 24.5. The standard InChI is InChI=1S/C11H19ClN2O2/c1-5-8-14(11(2,3)4)10(16)13-9(15)6-7-12/h5H,1,6-8H2,2-4H3,(H,13,15,16). The van der Waals surface area contributed by atoms with Crippen LogP contribution in [0.2, 0.25) is 0 Å². The van der Waals surface area contributed by atoms with E-state index in [1.807, 2.05) is 20.8 Å². The molecule has 5 heteroatoms. The first-order valence-electron chi connectivity index (χ1n) is 5.11. The summed E-state index contributed by atoms with van der Waals surface area (Å²) >= 11 is 5.41. The monoisotopic (exact) mass is 246 g/mol. The predicted octanol–water partition coefficient (Wildman–Crippen LogP) is 2.14. The molecule has 0 heterocycles. The van der Waals surface area contributed by atoms with Gasteiger partial charge in [-0.25, -0.2) is 4.79 Å². The third-order valence-corrected chi connectivity index (χ3v) is 2.12. The second kappa shape index (κ2) is 6.53. The summed E-state index contributed by atoms with van der Waals surface area (Å²) in [6, 6.07) is -0.414. The van der Waals surface area contributed by atoms with E-state index in [4.69, 9.17) is 11.6 Å². The molecular weight excluding hydrogens is 228 g/mol. The Balaban J connectivity index is 4.51. The third-order valence-electron chi connectivity index (χ3n) is 1.93. The summed E-state index contributed by atoms with van der Waals surface area (Å²) in [6.07, 6.45) is 1.76. The summed E-state index contributed by atoms with van der Waals surface area (Å²) in [5.41, 5.74) is -0.362. The lowest BCUT2D eigenvalue weighted by Crippen LogP contribution is -2.51. The minimum absolute atomic E-state index is 0.138. The van der Waals surface area contributed by atoms with Crippen LogP contribution in [-0.2, 0) is 4.79 Å². The fraction of sp³-hybridized carbons (Fsp3) is 0.636. The summed E-state index contributed by atoms with van der Waals surface area (Å²) in [5.74, 6) is -0.158. The van der Waals surface area contributed by atoms with E-state index in [2.05, 4.69) is 11.9 Å². The van der Waals surface area contributed by atoms with Gasteiger partial charge in [-0.3, -0.25) is 10.1 Å². The lowest BCUT2D eigenvalue weighted by molar-refractivity contribution is -0.119. The van der Waals surface area contributed by atoms with Gasteiger partial charge in [0.25, 0.3) is 0 Å². The number of hydrogen-bond donors (Lipinski definition) is 1. The van der Waals surface area contributed by atoms with E-state index in [-0.39, 0.29) is 23.7 Å². The highest BCUT2D eigenvalue weighted by Gasteiger charge is 2.26. The van der Waals surface area contributed by atoms with Crippen LogP contribution in [0.15, 0.2) is 12.7 Å². The molecule has 3 amide bonds. The van der Waals surface area contributed by atoms with Gasteiger partial charge >= 0.3 is 6.03 Å². The number of imide groups is 1. The summed E-state index contributed by atoms with van der Waals surface area (Å²) < 4.78 is 0. The minimum Gasteiger partial charge on any atom is -0.316 e. The number of nitrogens with zero attached hydrogens (tertiary/aromatic N) is 1. The van der Waals surface area contributed by atoms with Gasteiger partial charge in [0.1, 0.15) is 0 Å². The molecule has 0 bridgehead atoms. The number of amides is 3. The molecule has 0 atom stereocenters. The summed E-state index contributed by atoms with van der Waals surface area (Å²) in [6.45, 7) is 9.65. The molecule has 0 aliphatic carbocycles. The fourth-order valence-corrected chi connectivity index (χ4v) is 1.30. The van der Waals surface area contributed by atoms with Gasteiger partial charge in [-0.1, -0.05) is 6.08 Å². The number of carbonyl (C=O) groups is 2. The Hall–Kier alpha value is -1.03. The SMILES string of the molecule is C=CCN(C(=O)NC(=O)CCCl)C(C)(C)C. The summed E-state index contributed by atoms with van der Waals surface area (Å²) in [5, 5.41) is 2.29. The van der Waals surface area contributed by atoms with E-state index in [1.54, 1.807) is 6.08 Å². The van der Waals surface area contributed by atoms with Crippen molar-refractivity contribution in [3.05, 3.63) is 12.7 Å². The highest BCUT2D eigenvalue weighted by molar-refractivity contribution is 6.19. The molecule has 0 unspecified atom stereocenters. The zero-order chi connectivity index (χ0) is 12.8. The lowest BCUT2D eigenvalue weighted by atomic mass is 10.1. The number of alkyl halides is 1. The van der Waals surface area contributed by atoms with Gasteiger partial charge in [0.05, 0.1) is 0 Å². The molecule has 16 heavy (non-hydrogen) atoms. The zero-order valence-corrected chi connectivity index (χ0v) is 10.8. The van der Waals surface area contributed by atoms with Crippen molar-refractivity contribution < 1.29 is 9.59 Å². The van der Waals surface area contributed by atoms with Crippen molar-refractivity contribution >= 4 is 23.5 Å². The van der Waals surface area contributed by atoms with Crippen LogP contribution in [0.4, 0.5) is 4.79 Å². The molecule has 4 nitrogen and oxygen atoms in total. The normalized spacial score (nSPS) is 10.8. The molecule has 0 rings (SSSR count). The molecule has 1 N–H and O–H groups in total. The Morgan fingerprint density at radius 3 is 2.38 bits per heavy atom. The van der Waals surface area contributed by atoms with E-state index >= 15 is 0 Å². The van der Waals surface area contributed by atoms with Crippen molar-refractivity contribution in [3.63, 3.8) is 0 Å². The minimum atomic E-state index is -0.414. The number of halogens is 1. The average Bonchev–Trinajstić information content (AvgIpc) is 2.12. The highest BCUT2D eigenvalue weighted by atomic mass is 35.5. The highest BCUT2D eigenvalue weighted by Crippen LogP contribution is 2.12. The van der Waals surface area contributed by atoms with Gasteiger partial charge < -0.3 is 4.90 Å². The van der Waals surface area contributed by atoms with Gasteiger partial charge in [-0.2, -0.15) is 0 Å². The van der Waals surface area contributed by atoms with Crippen molar-refractivity contribution in [2.24, 2.45) is 0 Å². The van der Waals surface area contributed by atoms with Crippen LogP contribution < -0.4 is 5.32 Å². The van der Waals surface area contributed by atoms with Gasteiger partial charge in [0.2, 0.25) is 5.91 Å². The Morgan fingerprint density at radius 1 is 1.44 bits per heavy atom. The smallest absolute Gasteiger partial charge is 0.316 e. The first kappa shape index (κ1) is 15.0. The van der Waals surface area contributed by atoms with Gasteiger partial charge in [-0.15, -0.1) is 18.2 Å². The van der Waals surface area contributed by atoms with Crippen LogP contribution in [0.25, 0.3) is 0 Å². The maximum Gasteiger partial charge on any atom is 0.324 e. The van der Waals surface area contributed by atoms with E-state index < -0.39 is 6.03 Å². The Morgan fingerprint density at radius 2 is 2.00 bits per heavy atom. The Kier molecular flexibility index (Phi) is 6.11. The molecule has 0 aliphatic heterocycles. The molecule has 0 aromatic rings. The maximum absolute atomic E-state index is 11.8. The number of hydrogen-bond acceptors (Lipinski definition) is 2. The van der Waals surface area contributed by atoms with Crippen molar-refractivity contribution in [2.75, 3.05) is 12.4 Å². The quantitative estimate of drug-likeness (QED) is 0.610. The van der Waals surface area contributed by atoms with Crippen LogP contribution in [-0.4, -0.2) is 34.8 Å². The molecule has 0 radical (unpaired) electrons. The van der Waals surface area contributed by atoms with E-state index in [9.17, 15) is 9.59 Å². The number of carbonyl (C=O) groups excluding carboxylic acids is 2. The lowest BCUT2D eigenvalue weighted by Gasteiger charge is -2.34. The first-order valence-corrected chi connectivity index (χ1v) is 5.64. The number of rotatable bonds is 4. The van der Waals surface area contributed by atoms with Crippen LogP contribution in [0.5, 0.6) is 0 Å². The predicted molar refractivity (Wildman–Crippen MR) is 65.5 cm³/mol. The third kappa shape index (κ3) is 5.16. The molecule has 0 spiro atoms. The Bertz CT molecular complexity index is 272. The van der Waals surface area contributed by atoms with E-state index in [0.29, 0.717) is 6.54 Å². The topological polar surface area (TPSA) is 49.4 Å². The molecule has 92 valence electrons. The molecule has 0 aliphatic rings. The molecule has 0 fully saturated rings. The molecule has 0 aromatic carbocycles. The molecule has 0 saturated carbocycles. The van der Waals surface area contributed by atoms with Gasteiger partial charge in [-0.05, 0) is 20.8 Å². The maximum atomic E-state index is 11.8. The first-order chi connectivity index (χ1) is 7.32. The zero-order valence-electron chi connectivity index (χ0n) is 10.0. The largest absolute Gasteiger partial charge is 0.324 e. The Labute approximate surface area is 102 Å². The second-order valence-electron chi connectivity index (χ2n) is 4.36. The molecular formula is C11H19ClN2O2. The van der Waals surface area contributed by atoms with Gasteiger partial charge in [0.15, 0.2) is 0 Å². The van der Waals surface area contributed by atoms with Crippen molar-refractivity contribution in [1.29, 1.82) is 0 Å². The van der Waals surface area contributed by atoms with Crippen molar-refractivity contribution in [2.45, 2.75) is 32.7 Å². The van der Waals surface area contributed by atoms with E-state index in [0.717, 1.165) is 0 Å². The van der Waals surface area contributed by atoms with Crippen molar-refractivity contribution in [3.8, 4) is 0 Å². The molecule has 0 aromatic heterocycles. The van der Waals surface area contributed by atoms with Gasteiger partial charge in [0, 0.05) is 24.4 Å². The van der Waals surface area contributed by atoms with Crippen LogP contribution in [0.1, 0.15) is 27.2 Å². The van der Waals surface area contributed by atoms with Crippen LogP contribution in [0.3, 0.4) is 0 Å². The second-order valence-corrected chi connectivity index (χ2v) is 4.74. The number of nitrogens with one attached hydrogen (secondary N) is 1. The van der Waals surface area contributed by atoms with Crippen molar-refractivity contribution in [1.82, 2.24) is 10.2 Å². The summed E-state index contributed by atoms with van der Waals surface area (Å²) in [7, 11) is 0.